The van der Waals surface area contributed by atoms with Crippen LogP contribution in [0.1, 0.15) is 16.7 Å². The quantitative estimate of drug-likeness (QED) is 0.194. The Morgan fingerprint density at radius 1 is 0.647 bits per heavy atom. The molecule has 171 valence electrons. The Balaban J connectivity index is 0.000000188. The maximum absolute atomic E-state index is 4.42. The van der Waals surface area contributed by atoms with E-state index in [9.17, 15) is 0 Å². The van der Waals surface area contributed by atoms with Crippen LogP contribution in [0.2, 0.25) is 0 Å². The zero-order valence-corrected chi connectivity index (χ0v) is 21.9. The third-order valence-electron chi connectivity index (χ3n) is 5.55. The van der Waals surface area contributed by atoms with Crippen molar-refractivity contribution in [3.8, 4) is 33.6 Å². The van der Waals surface area contributed by atoms with Gasteiger partial charge in [0.2, 0.25) is 0 Å². The molecule has 0 aliphatic carbocycles. The fourth-order valence-electron chi connectivity index (χ4n) is 3.50. The van der Waals surface area contributed by atoms with Gasteiger partial charge in [-0.2, -0.15) is 0 Å². The van der Waals surface area contributed by atoms with E-state index in [0.717, 1.165) is 22.5 Å². The molecule has 3 heteroatoms. The molecule has 5 aromatic rings. The summed E-state index contributed by atoms with van der Waals surface area (Å²) in [4.78, 5) is 8.82. The van der Waals surface area contributed by atoms with Crippen LogP contribution in [0.4, 0.5) is 0 Å². The van der Waals surface area contributed by atoms with E-state index in [0.29, 0.717) is 0 Å². The molecule has 3 aromatic carbocycles. The molecule has 0 bridgehead atoms. The van der Waals surface area contributed by atoms with Crippen LogP contribution >= 0.6 is 0 Å². The first kappa shape index (κ1) is 25.2. The largest absolute Gasteiger partial charge is 0.305 e. The summed E-state index contributed by atoms with van der Waals surface area (Å²) in [6.45, 7) is 6.27. The van der Waals surface area contributed by atoms with Crippen LogP contribution in [-0.4, -0.2) is 9.97 Å². The second-order valence-corrected chi connectivity index (χ2v) is 7.95. The van der Waals surface area contributed by atoms with Crippen molar-refractivity contribution in [2.75, 3.05) is 0 Å². The van der Waals surface area contributed by atoms with Crippen LogP contribution in [0.15, 0.2) is 103 Å². The van der Waals surface area contributed by atoms with Crippen molar-refractivity contribution in [1.82, 2.24) is 9.97 Å². The standard InChI is InChI=1S/C17H12N.C14H14N.Ir/c1-3-7-14(8-4-1)16-11-12-18-17(13-16)15-9-5-2-6-10-15;1-10-7-8-14(15-9-10)13-6-4-5-11(2)12(13)3;/h1-9,11-13H;4-5,7-9H,1-3H3;/q2*-1;. The molecule has 34 heavy (non-hydrogen) atoms. The van der Waals surface area contributed by atoms with Gasteiger partial charge in [0.15, 0.2) is 0 Å². The van der Waals surface area contributed by atoms with E-state index >= 15 is 0 Å². The molecule has 5 rings (SSSR count). The number of hydrogen-bond donors (Lipinski definition) is 0. The summed E-state index contributed by atoms with van der Waals surface area (Å²) in [7, 11) is 0. The summed E-state index contributed by atoms with van der Waals surface area (Å²) >= 11 is 0. The first-order valence-electron chi connectivity index (χ1n) is 11.0. The van der Waals surface area contributed by atoms with Crippen molar-refractivity contribution in [3.63, 3.8) is 0 Å². The summed E-state index contributed by atoms with van der Waals surface area (Å²) in [5.74, 6) is 0. The molecule has 0 aliphatic rings. The van der Waals surface area contributed by atoms with Gasteiger partial charge in [0.25, 0.3) is 0 Å². The molecule has 0 unspecified atom stereocenters. The molecule has 0 spiro atoms. The van der Waals surface area contributed by atoms with Crippen molar-refractivity contribution < 1.29 is 20.1 Å². The average Bonchev–Trinajstić information content (AvgIpc) is 2.88. The smallest absolute Gasteiger partial charge is 0.0190 e. The van der Waals surface area contributed by atoms with E-state index in [-0.39, 0.29) is 20.1 Å². The fraction of sp³-hybridized carbons (Fsp3) is 0.0968. The Morgan fingerprint density at radius 2 is 1.44 bits per heavy atom. The first-order valence-corrected chi connectivity index (χ1v) is 11.0. The van der Waals surface area contributed by atoms with Gasteiger partial charge in [-0.25, -0.2) is 0 Å². The zero-order chi connectivity index (χ0) is 23.0. The first-order chi connectivity index (χ1) is 16.1. The van der Waals surface area contributed by atoms with Crippen LogP contribution in [0, 0.1) is 32.9 Å². The normalized spacial score (nSPS) is 9.97. The predicted octanol–water partition coefficient (Wildman–Crippen LogP) is 7.69. The number of nitrogens with zero attached hydrogens (tertiary/aromatic N) is 2. The molecule has 0 saturated carbocycles. The molecule has 0 aliphatic heterocycles. The van der Waals surface area contributed by atoms with Crippen LogP contribution < -0.4 is 0 Å². The number of aryl methyl sites for hydroxylation is 2. The fourth-order valence-corrected chi connectivity index (χ4v) is 3.50. The van der Waals surface area contributed by atoms with Gasteiger partial charge in [0.05, 0.1) is 0 Å². The average molecular weight is 619 g/mol. The number of rotatable bonds is 3. The second kappa shape index (κ2) is 12.2. The predicted molar refractivity (Wildman–Crippen MR) is 137 cm³/mol. The number of benzene rings is 3. The molecule has 2 aromatic heterocycles. The molecule has 0 atom stereocenters. The maximum Gasteiger partial charge on any atom is 0.0190 e. The summed E-state index contributed by atoms with van der Waals surface area (Å²) in [6, 6.07) is 37.0. The molecule has 1 radical (unpaired) electrons. The minimum Gasteiger partial charge on any atom is -0.305 e. The molecule has 0 N–H and O–H groups in total. The van der Waals surface area contributed by atoms with E-state index in [1.165, 1.54) is 27.8 Å². The molecule has 2 nitrogen and oxygen atoms in total. The van der Waals surface area contributed by atoms with E-state index in [4.69, 9.17) is 0 Å². The molecule has 0 saturated heterocycles. The van der Waals surface area contributed by atoms with Crippen LogP contribution in [0.3, 0.4) is 0 Å². The number of hydrogen-bond acceptors (Lipinski definition) is 2. The van der Waals surface area contributed by atoms with Crippen LogP contribution in [0.25, 0.3) is 33.6 Å². The topological polar surface area (TPSA) is 25.8 Å². The van der Waals surface area contributed by atoms with Gasteiger partial charge < -0.3 is 9.97 Å². The van der Waals surface area contributed by atoms with Gasteiger partial charge in [-0.1, -0.05) is 62.4 Å². The van der Waals surface area contributed by atoms with Gasteiger partial charge in [-0.3, -0.25) is 0 Å². The third kappa shape index (κ3) is 6.35. The number of aromatic nitrogens is 2. The van der Waals surface area contributed by atoms with E-state index in [1.807, 2.05) is 80.0 Å². The Morgan fingerprint density at radius 3 is 2.15 bits per heavy atom. The molecular formula is C31H26IrN2-2. The van der Waals surface area contributed by atoms with Crippen molar-refractivity contribution in [2.45, 2.75) is 20.8 Å². The van der Waals surface area contributed by atoms with E-state index in [1.54, 1.807) is 0 Å². The summed E-state index contributed by atoms with van der Waals surface area (Å²) in [5, 5.41) is 0. The van der Waals surface area contributed by atoms with Gasteiger partial charge in [-0.05, 0) is 41.1 Å². The Bertz CT molecular complexity index is 1260. The minimum absolute atomic E-state index is 0. The van der Waals surface area contributed by atoms with Crippen molar-refractivity contribution in [1.29, 1.82) is 0 Å². The Kier molecular flexibility index (Phi) is 9.04. The zero-order valence-electron chi connectivity index (χ0n) is 19.5. The molecule has 0 amide bonds. The van der Waals surface area contributed by atoms with Gasteiger partial charge in [-0.15, -0.1) is 70.8 Å². The Hall–Kier alpha value is -3.39. The van der Waals surface area contributed by atoms with Gasteiger partial charge >= 0.3 is 0 Å². The summed E-state index contributed by atoms with van der Waals surface area (Å²) < 4.78 is 0. The third-order valence-corrected chi connectivity index (χ3v) is 5.55. The van der Waals surface area contributed by atoms with Crippen LogP contribution in [-0.2, 0) is 20.1 Å². The molecule has 0 fully saturated rings. The molecular weight excluding hydrogens is 593 g/mol. The van der Waals surface area contributed by atoms with E-state index in [2.05, 4.69) is 66.3 Å². The molecule has 2 heterocycles. The van der Waals surface area contributed by atoms with Crippen molar-refractivity contribution in [2.24, 2.45) is 0 Å². The van der Waals surface area contributed by atoms with Crippen molar-refractivity contribution in [3.05, 3.63) is 132 Å². The number of pyridine rings is 2. The van der Waals surface area contributed by atoms with Crippen LogP contribution in [0.5, 0.6) is 0 Å². The maximum atomic E-state index is 4.42. The monoisotopic (exact) mass is 619 g/mol. The SMILES string of the molecule is Cc1ccc(-c2[c-]ccc(C)c2C)nc1.[Ir].[c-]1ccccc1-c1cc(-c2ccccc2)ccn1. The summed E-state index contributed by atoms with van der Waals surface area (Å²) in [5.41, 5.74) is 10.2. The van der Waals surface area contributed by atoms with E-state index < -0.39 is 0 Å². The van der Waals surface area contributed by atoms with Gasteiger partial charge in [0, 0.05) is 32.5 Å². The van der Waals surface area contributed by atoms with Crippen molar-refractivity contribution >= 4 is 0 Å². The van der Waals surface area contributed by atoms with Gasteiger partial charge in [0.1, 0.15) is 0 Å². The summed E-state index contributed by atoms with van der Waals surface area (Å²) in [6.07, 6.45) is 3.74. The Labute approximate surface area is 216 Å². The minimum atomic E-state index is 0. The second-order valence-electron chi connectivity index (χ2n) is 7.95.